The number of imide groups is 1. The lowest BCUT2D eigenvalue weighted by molar-refractivity contribution is -0.119. The maximum Gasteiger partial charge on any atom is 0.318 e. The van der Waals surface area contributed by atoms with Crippen LogP contribution in [-0.2, 0) is 4.79 Å². The van der Waals surface area contributed by atoms with Gasteiger partial charge in [0.25, 0.3) is 0 Å². The van der Waals surface area contributed by atoms with Crippen molar-refractivity contribution in [3.05, 3.63) is 35.7 Å². The molecule has 2 rings (SSSR count). The summed E-state index contributed by atoms with van der Waals surface area (Å²) in [4.78, 5) is 22.5. The van der Waals surface area contributed by atoms with Gasteiger partial charge in [-0.15, -0.1) is 10.2 Å². The molecule has 3 amide bonds. The molecule has 3 N–H and O–H groups in total. The maximum absolute atomic E-state index is 11.8. The monoisotopic (exact) mass is 319 g/mol. The highest BCUT2D eigenvalue weighted by atomic mass is 32.2. The summed E-state index contributed by atoms with van der Waals surface area (Å²) in [6.45, 7) is 5.52. The lowest BCUT2D eigenvalue weighted by atomic mass is 10.2. The second-order valence-corrected chi connectivity index (χ2v) is 6.12. The number of rotatable bonds is 4. The number of aryl methyl sites for hydroxylation is 2. The Kier molecular flexibility index (Phi) is 4.81. The van der Waals surface area contributed by atoms with Crippen molar-refractivity contribution in [3.63, 3.8) is 0 Å². The molecule has 0 spiro atoms. The Morgan fingerprint density at radius 1 is 1.23 bits per heavy atom. The second-order valence-electron chi connectivity index (χ2n) is 4.81. The number of amides is 3. The fourth-order valence-electron chi connectivity index (χ4n) is 1.85. The van der Waals surface area contributed by atoms with Gasteiger partial charge >= 0.3 is 6.03 Å². The van der Waals surface area contributed by atoms with E-state index < -0.39 is 17.2 Å². The molecule has 1 unspecified atom stereocenters. The molecule has 1 atom stereocenters. The number of primary amides is 1. The van der Waals surface area contributed by atoms with Crippen LogP contribution in [-0.4, -0.2) is 32.0 Å². The zero-order valence-corrected chi connectivity index (χ0v) is 13.3. The van der Waals surface area contributed by atoms with Crippen molar-refractivity contribution in [3.8, 4) is 5.69 Å². The van der Waals surface area contributed by atoms with Crippen molar-refractivity contribution >= 4 is 23.7 Å². The third kappa shape index (κ3) is 3.64. The van der Waals surface area contributed by atoms with Gasteiger partial charge in [0.2, 0.25) is 5.91 Å². The second kappa shape index (κ2) is 6.61. The first-order valence-corrected chi connectivity index (χ1v) is 7.52. The van der Waals surface area contributed by atoms with Crippen molar-refractivity contribution in [1.29, 1.82) is 0 Å². The largest absolute Gasteiger partial charge is 0.351 e. The molecule has 8 heteroatoms. The molecule has 2 aromatic rings. The number of nitrogens with zero attached hydrogens (tertiary/aromatic N) is 3. The summed E-state index contributed by atoms with van der Waals surface area (Å²) < 4.78 is 1.86. The molecule has 0 aliphatic rings. The molecule has 0 saturated heterocycles. The van der Waals surface area contributed by atoms with Crippen molar-refractivity contribution in [2.24, 2.45) is 5.73 Å². The number of hydrogen-bond acceptors (Lipinski definition) is 5. The highest BCUT2D eigenvalue weighted by molar-refractivity contribution is 8.00. The van der Waals surface area contributed by atoms with E-state index in [0.29, 0.717) is 11.0 Å². The lowest BCUT2D eigenvalue weighted by Gasteiger charge is -2.12. The van der Waals surface area contributed by atoms with Gasteiger partial charge in [-0.05, 0) is 32.9 Å². The first-order chi connectivity index (χ1) is 10.4. The number of aromatic nitrogens is 3. The summed E-state index contributed by atoms with van der Waals surface area (Å²) in [6, 6.07) is 7.04. The van der Waals surface area contributed by atoms with E-state index in [9.17, 15) is 9.59 Å². The van der Waals surface area contributed by atoms with Gasteiger partial charge in [0, 0.05) is 5.69 Å². The fourth-order valence-corrected chi connectivity index (χ4v) is 2.76. The van der Waals surface area contributed by atoms with E-state index in [-0.39, 0.29) is 0 Å². The molecule has 116 valence electrons. The Bertz CT molecular complexity index is 696. The maximum atomic E-state index is 11.8. The molecule has 7 nitrogen and oxygen atoms in total. The van der Waals surface area contributed by atoms with Crippen LogP contribution in [0.4, 0.5) is 4.79 Å². The zero-order valence-electron chi connectivity index (χ0n) is 12.5. The lowest BCUT2D eigenvalue weighted by Crippen LogP contribution is -2.39. The number of hydrogen-bond donors (Lipinski definition) is 2. The number of carbonyl (C=O) groups is 2. The highest BCUT2D eigenvalue weighted by Gasteiger charge is 2.20. The Labute approximate surface area is 132 Å². The highest BCUT2D eigenvalue weighted by Crippen LogP contribution is 2.25. The number of nitrogens with one attached hydrogen (secondary N) is 1. The predicted octanol–water partition coefficient (Wildman–Crippen LogP) is 1.56. The first kappa shape index (κ1) is 16.0. The minimum atomic E-state index is -0.867. The molecular weight excluding hydrogens is 302 g/mol. The quantitative estimate of drug-likeness (QED) is 0.832. The van der Waals surface area contributed by atoms with Crippen LogP contribution in [0.15, 0.2) is 29.4 Å². The summed E-state index contributed by atoms with van der Waals surface area (Å²) in [7, 11) is 0. The Hall–Kier alpha value is -2.35. The van der Waals surface area contributed by atoms with Crippen LogP contribution in [0.1, 0.15) is 18.3 Å². The summed E-state index contributed by atoms with van der Waals surface area (Å²) in [6.07, 6.45) is 0. The minimum absolute atomic E-state index is 0.464. The Morgan fingerprint density at radius 2 is 1.86 bits per heavy atom. The number of urea groups is 1. The Balaban J connectivity index is 2.24. The van der Waals surface area contributed by atoms with Crippen molar-refractivity contribution < 1.29 is 9.59 Å². The molecule has 0 aliphatic heterocycles. The van der Waals surface area contributed by atoms with Gasteiger partial charge in [-0.25, -0.2) is 4.79 Å². The topological polar surface area (TPSA) is 103 Å². The van der Waals surface area contributed by atoms with E-state index in [1.807, 2.05) is 42.7 Å². The summed E-state index contributed by atoms with van der Waals surface area (Å²) in [5, 5.41) is 10.3. The summed E-state index contributed by atoms with van der Waals surface area (Å²) in [5.41, 5.74) is 7.02. The smallest absolute Gasteiger partial charge is 0.318 e. The van der Waals surface area contributed by atoms with Crippen LogP contribution in [0.3, 0.4) is 0 Å². The van der Waals surface area contributed by atoms with E-state index in [2.05, 4.69) is 15.5 Å². The fraction of sp³-hybridized carbons (Fsp3) is 0.286. The molecule has 1 heterocycles. The van der Waals surface area contributed by atoms with E-state index in [0.717, 1.165) is 11.3 Å². The predicted molar refractivity (Wildman–Crippen MR) is 83.9 cm³/mol. The van der Waals surface area contributed by atoms with Crippen molar-refractivity contribution in [2.75, 3.05) is 0 Å². The molecule has 1 aromatic heterocycles. The van der Waals surface area contributed by atoms with Gasteiger partial charge in [0.15, 0.2) is 5.16 Å². The zero-order chi connectivity index (χ0) is 16.3. The Morgan fingerprint density at radius 3 is 2.45 bits per heavy atom. The number of carbonyl (C=O) groups excluding carboxylic acids is 2. The SMILES string of the molecule is Cc1ccc(-n2c(C)nnc2SC(C)C(=O)NC(N)=O)cc1. The molecule has 0 bridgehead atoms. The normalized spacial score (nSPS) is 12.0. The average Bonchev–Trinajstić information content (AvgIpc) is 2.80. The van der Waals surface area contributed by atoms with Gasteiger partial charge < -0.3 is 5.73 Å². The van der Waals surface area contributed by atoms with Gasteiger partial charge in [0.05, 0.1) is 5.25 Å². The summed E-state index contributed by atoms with van der Waals surface area (Å²) in [5.74, 6) is 0.252. The van der Waals surface area contributed by atoms with Crippen LogP contribution in [0.25, 0.3) is 5.69 Å². The van der Waals surface area contributed by atoms with Crippen LogP contribution in [0.5, 0.6) is 0 Å². The first-order valence-electron chi connectivity index (χ1n) is 6.64. The van der Waals surface area contributed by atoms with Crippen LogP contribution in [0.2, 0.25) is 0 Å². The molecule has 0 fully saturated rings. The molecule has 1 aromatic carbocycles. The van der Waals surface area contributed by atoms with Gasteiger partial charge in [0.1, 0.15) is 5.82 Å². The number of thioether (sulfide) groups is 1. The third-order valence-corrected chi connectivity index (χ3v) is 4.03. The van der Waals surface area contributed by atoms with Gasteiger partial charge in [-0.2, -0.15) is 0 Å². The van der Waals surface area contributed by atoms with Crippen LogP contribution < -0.4 is 11.1 Å². The van der Waals surface area contributed by atoms with Crippen molar-refractivity contribution in [2.45, 2.75) is 31.2 Å². The third-order valence-electron chi connectivity index (χ3n) is 2.99. The average molecular weight is 319 g/mol. The van der Waals surface area contributed by atoms with Crippen LogP contribution >= 0.6 is 11.8 Å². The van der Waals surface area contributed by atoms with E-state index in [1.165, 1.54) is 11.8 Å². The number of benzene rings is 1. The van der Waals surface area contributed by atoms with Crippen LogP contribution in [0, 0.1) is 13.8 Å². The van der Waals surface area contributed by atoms with Gasteiger partial charge in [-0.1, -0.05) is 29.5 Å². The standard InChI is InChI=1S/C14H17N5O2S/c1-8-4-6-11(7-5-8)19-10(3)17-18-14(19)22-9(2)12(20)16-13(15)21/h4-7,9H,1-3H3,(H3,15,16,20,21). The van der Waals surface area contributed by atoms with E-state index >= 15 is 0 Å². The minimum Gasteiger partial charge on any atom is -0.351 e. The van der Waals surface area contributed by atoms with E-state index in [1.54, 1.807) is 6.92 Å². The number of nitrogens with two attached hydrogens (primary N) is 1. The molecular formula is C14H17N5O2S. The summed E-state index contributed by atoms with van der Waals surface area (Å²) >= 11 is 1.21. The molecule has 0 radical (unpaired) electrons. The molecule has 22 heavy (non-hydrogen) atoms. The molecule has 0 aliphatic carbocycles. The van der Waals surface area contributed by atoms with Crippen molar-refractivity contribution in [1.82, 2.24) is 20.1 Å². The molecule has 0 saturated carbocycles. The van der Waals surface area contributed by atoms with E-state index in [4.69, 9.17) is 5.73 Å². The van der Waals surface area contributed by atoms with Gasteiger partial charge in [-0.3, -0.25) is 14.7 Å².